The number of nitrogen functional groups attached to an aromatic ring is 1. The lowest BCUT2D eigenvalue weighted by atomic mass is 10.4. The standard InChI is InChI=1S/C7H11N3O.ClH/c1-2-11-7-4-3-6(10-8)5-9-7;/h3-5,10H,2,8H2,1H3;1H. The molecule has 1 rings (SSSR count). The highest BCUT2D eigenvalue weighted by Crippen LogP contribution is 2.09. The van der Waals surface area contributed by atoms with Gasteiger partial charge in [0.05, 0.1) is 18.5 Å². The number of rotatable bonds is 3. The summed E-state index contributed by atoms with van der Waals surface area (Å²) in [6.45, 7) is 2.54. The van der Waals surface area contributed by atoms with Crippen LogP contribution in [-0.2, 0) is 0 Å². The first-order valence-electron chi connectivity index (χ1n) is 3.42. The van der Waals surface area contributed by atoms with Crippen molar-refractivity contribution >= 4 is 18.1 Å². The zero-order valence-electron chi connectivity index (χ0n) is 6.78. The third-order valence-electron chi connectivity index (χ3n) is 1.20. The number of anilines is 1. The van der Waals surface area contributed by atoms with Gasteiger partial charge in [-0.3, -0.25) is 5.84 Å². The quantitative estimate of drug-likeness (QED) is 0.554. The molecule has 0 unspecified atom stereocenters. The van der Waals surface area contributed by atoms with Gasteiger partial charge in [0.25, 0.3) is 0 Å². The summed E-state index contributed by atoms with van der Waals surface area (Å²) in [4.78, 5) is 3.97. The second-order valence-corrected chi connectivity index (χ2v) is 1.96. The molecule has 3 N–H and O–H groups in total. The number of nitrogens with zero attached hydrogens (tertiary/aromatic N) is 1. The first-order valence-corrected chi connectivity index (χ1v) is 3.42. The SMILES string of the molecule is CCOc1ccc(NN)cn1.Cl. The van der Waals surface area contributed by atoms with E-state index in [1.807, 2.05) is 6.92 Å². The Kier molecular flexibility index (Phi) is 5.16. The lowest BCUT2D eigenvalue weighted by Crippen LogP contribution is -2.06. The van der Waals surface area contributed by atoms with E-state index in [4.69, 9.17) is 10.6 Å². The van der Waals surface area contributed by atoms with E-state index >= 15 is 0 Å². The fraction of sp³-hybridized carbons (Fsp3) is 0.286. The molecule has 1 aromatic rings. The normalized spacial score (nSPS) is 8.50. The van der Waals surface area contributed by atoms with E-state index in [2.05, 4.69) is 10.4 Å². The minimum Gasteiger partial charge on any atom is -0.478 e. The van der Waals surface area contributed by atoms with Crippen LogP contribution in [0.5, 0.6) is 5.88 Å². The van der Waals surface area contributed by atoms with Gasteiger partial charge >= 0.3 is 0 Å². The Balaban J connectivity index is 0.00000121. The summed E-state index contributed by atoms with van der Waals surface area (Å²) < 4.78 is 5.13. The Hall–Kier alpha value is -1.00. The van der Waals surface area contributed by atoms with Crippen molar-refractivity contribution in [3.63, 3.8) is 0 Å². The summed E-state index contributed by atoms with van der Waals surface area (Å²) in [6.07, 6.45) is 1.62. The summed E-state index contributed by atoms with van der Waals surface area (Å²) in [5, 5.41) is 0. The van der Waals surface area contributed by atoms with Crippen molar-refractivity contribution in [2.24, 2.45) is 5.84 Å². The van der Waals surface area contributed by atoms with E-state index < -0.39 is 0 Å². The van der Waals surface area contributed by atoms with Crippen molar-refractivity contribution in [3.05, 3.63) is 18.3 Å². The van der Waals surface area contributed by atoms with E-state index in [1.54, 1.807) is 18.3 Å². The third kappa shape index (κ3) is 2.94. The Morgan fingerprint density at radius 1 is 1.58 bits per heavy atom. The van der Waals surface area contributed by atoms with Crippen LogP contribution in [0.1, 0.15) is 6.92 Å². The van der Waals surface area contributed by atoms with Gasteiger partial charge in [-0.2, -0.15) is 0 Å². The van der Waals surface area contributed by atoms with Crippen molar-refractivity contribution < 1.29 is 4.74 Å². The summed E-state index contributed by atoms with van der Waals surface area (Å²) >= 11 is 0. The molecule has 1 heterocycles. The maximum Gasteiger partial charge on any atom is 0.213 e. The van der Waals surface area contributed by atoms with Gasteiger partial charge < -0.3 is 10.2 Å². The van der Waals surface area contributed by atoms with Gasteiger partial charge in [-0.25, -0.2) is 4.98 Å². The molecule has 0 atom stereocenters. The number of hydrogen-bond acceptors (Lipinski definition) is 4. The molecule has 0 amide bonds. The number of nitrogens with one attached hydrogen (secondary N) is 1. The molecular weight excluding hydrogens is 178 g/mol. The molecule has 0 saturated heterocycles. The van der Waals surface area contributed by atoms with Crippen molar-refractivity contribution in [1.82, 2.24) is 4.98 Å². The van der Waals surface area contributed by atoms with Gasteiger partial charge in [0.2, 0.25) is 5.88 Å². The van der Waals surface area contributed by atoms with E-state index in [1.165, 1.54) is 0 Å². The molecular formula is C7H12ClN3O. The Morgan fingerprint density at radius 3 is 2.75 bits per heavy atom. The van der Waals surface area contributed by atoms with Crippen molar-refractivity contribution in [2.45, 2.75) is 6.92 Å². The number of hydrazine groups is 1. The molecule has 68 valence electrons. The van der Waals surface area contributed by atoms with Gasteiger partial charge in [0.15, 0.2) is 0 Å². The first kappa shape index (κ1) is 11.0. The highest BCUT2D eigenvalue weighted by molar-refractivity contribution is 5.85. The van der Waals surface area contributed by atoms with Gasteiger partial charge in [-0.15, -0.1) is 12.4 Å². The van der Waals surface area contributed by atoms with Crippen LogP contribution in [0.3, 0.4) is 0 Å². The number of halogens is 1. The molecule has 0 radical (unpaired) electrons. The molecule has 0 saturated carbocycles. The second kappa shape index (κ2) is 5.62. The van der Waals surface area contributed by atoms with Gasteiger partial charge in [-0.05, 0) is 13.0 Å². The topological polar surface area (TPSA) is 60.2 Å². The minimum absolute atomic E-state index is 0. The largest absolute Gasteiger partial charge is 0.478 e. The summed E-state index contributed by atoms with van der Waals surface area (Å²) in [6, 6.07) is 3.57. The average Bonchev–Trinajstić information content (AvgIpc) is 2.07. The van der Waals surface area contributed by atoms with E-state index in [0.717, 1.165) is 5.69 Å². The molecule has 5 heteroatoms. The lowest BCUT2D eigenvalue weighted by Gasteiger charge is -2.02. The minimum atomic E-state index is 0. The molecule has 0 fully saturated rings. The highest BCUT2D eigenvalue weighted by atomic mass is 35.5. The average molecular weight is 190 g/mol. The molecule has 0 spiro atoms. The van der Waals surface area contributed by atoms with Crippen LogP contribution in [0.2, 0.25) is 0 Å². The van der Waals surface area contributed by atoms with Crippen LogP contribution >= 0.6 is 12.4 Å². The number of hydrogen-bond donors (Lipinski definition) is 2. The molecule has 0 bridgehead atoms. The summed E-state index contributed by atoms with van der Waals surface area (Å²) in [5.74, 6) is 5.76. The third-order valence-corrected chi connectivity index (χ3v) is 1.20. The number of nitrogens with two attached hydrogens (primary N) is 1. The van der Waals surface area contributed by atoms with Crippen LogP contribution in [0, 0.1) is 0 Å². The Morgan fingerprint density at radius 2 is 2.33 bits per heavy atom. The lowest BCUT2D eigenvalue weighted by molar-refractivity contribution is 0.327. The predicted molar refractivity (Wildman–Crippen MR) is 50.5 cm³/mol. The van der Waals surface area contributed by atoms with Crippen LogP contribution < -0.4 is 16.0 Å². The first-order chi connectivity index (χ1) is 5.36. The van der Waals surface area contributed by atoms with Gasteiger partial charge in [-0.1, -0.05) is 0 Å². The molecule has 1 aromatic heterocycles. The highest BCUT2D eigenvalue weighted by Gasteiger charge is 1.92. The van der Waals surface area contributed by atoms with E-state index in [0.29, 0.717) is 12.5 Å². The monoisotopic (exact) mass is 189 g/mol. The molecule has 0 aromatic carbocycles. The molecule has 4 nitrogen and oxygen atoms in total. The zero-order chi connectivity index (χ0) is 8.10. The van der Waals surface area contributed by atoms with E-state index in [-0.39, 0.29) is 12.4 Å². The smallest absolute Gasteiger partial charge is 0.213 e. The number of aromatic nitrogens is 1. The fourth-order valence-electron chi connectivity index (χ4n) is 0.699. The number of ether oxygens (including phenoxy) is 1. The maximum absolute atomic E-state index is 5.14. The summed E-state index contributed by atoms with van der Waals surface area (Å²) in [5.41, 5.74) is 3.25. The second-order valence-electron chi connectivity index (χ2n) is 1.96. The molecule has 0 aliphatic rings. The van der Waals surface area contributed by atoms with Crippen LogP contribution in [-0.4, -0.2) is 11.6 Å². The molecule has 0 aliphatic heterocycles. The maximum atomic E-state index is 5.14. The Bertz CT molecular complexity index is 214. The van der Waals surface area contributed by atoms with Gasteiger partial charge in [0.1, 0.15) is 0 Å². The Labute approximate surface area is 77.5 Å². The molecule has 12 heavy (non-hydrogen) atoms. The van der Waals surface area contributed by atoms with Crippen LogP contribution in [0.4, 0.5) is 5.69 Å². The van der Waals surface area contributed by atoms with Crippen molar-refractivity contribution in [3.8, 4) is 5.88 Å². The van der Waals surface area contributed by atoms with Gasteiger partial charge in [0, 0.05) is 6.07 Å². The van der Waals surface area contributed by atoms with Crippen LogP contribution in [0.25, 0.3) is 0 Å². The van der Waals surface area contributed by atoms with Crippen molar-refractivity contribution in [1.29, 1.82) is 0 Å². The molecule has 0 aliphatic carbocycles. The van der Waals surface area contributed by atoms with Crippen LogP contribution in [0.15, 0.2) is 18.3 Å². The predicted octanol–water partition coefficient (Wildman–Crippen LogP) is 1.19. The van der Waals surface area contributed by atoms with Crippen molar-refractivity contribution in [2.75, 3.05) is 12.0 Å². The fourth-order valence-corrected chi connectivity index (χ4v) is 0.699. The van der Waals surface area contributed by atoms with E-state index in [9.17, 15) is 0 Å². The zero-order valence-corrected chi connectivity index (χ0v) is 7.60. The summed E-state index contributed by atoms with van der Waals surface area (Å²) in [7, 11) is 0. The number of pyridine rings is 1.